The van der Waals surface area contributed by atoms with Gasteiger partial charge in [-0.2, -0.15) is 0 Å². The number of fused-ring (bicyclic) bond motifs is 1. The number of nitrogens with one attached hydrogen (secondary N) is 1. The van der Waals surface area contributed by atoms with E-state index >= 15 is 0 Å². The zero-order chi connectivity index (χ0) is 25.6. The topological polar surface area (TPSA) is 120 Å². The average Bonchev–Trinajstić information content (AvgIpc) is 3.36. The molecular weight excluding hydrogens is 474 g/mol. The molecule has 2 atom stereocenters. The van der Waals surface area contributed by atoms with Crippen molar-refractivity contribution in [3.05, 3.63) is 71.2 Å². The number of benzene rings is 1. The van der Waals surface area contributed by atoms with Gasteiger partial charge in [0, 0.05) is 24.8 Å². The maximum atomic E-state index is 13.1. The normalized spacial score (nSPS) is 19.6. The SMILES string of the molecule is CC1C(=O)[C@@H](NC(=O)c2nnc(Cc3ccccc3)o2)COc2cc(C#CCN3CCOCC3)cnc21. The van der Waals surface area contributed by atoms with Crippen LogP contribution in [0.5, 0.6) is 5.75 Å². The molecule has 0 radical (unpaired) electrons. The fraction of sp³-hybridized carbons (Fsp3) is 0.370. The highest BCUT2D eigenvalue weighted by Gasteiger charge is 2.34. The van der Waals surface area contributed by atoms with Crippen molar-refractivity contribution >= 4 is 11.7 Å². The number of carbonyl (C=O) groups excluding carboxylic acids is 2. The largest absolute Gasteiger partial charge is 0.489 e. The van der Waals surface area contributed by atoms with Gasteiger partial charge in [0.25, 0.3) is 0 Å². The maximum Gasteiger partial charge on any atom is 0.309 e. The summed E-state index contributed by atoms with van der Waals surface area (Å²) in [5.41, 5.74) is 2.20. The first-order valence-corrected chi connectivity index (χ1v) is 12.2. The second-order valence-corrected chi connectivity index (χ2v) is 8.92. The Morgan fingerprint density at radius 3 is 2.81 bits per heavy atom. The highest BCUT2D eigenvalue weighted by molar-refractivity contribution is 5.97. The van der Waals surface area contributed by atoms with Crippen LogP contribution in [0.2, 0.25) is 0 Å². The van der Waals surface area contributed by atoms with E-state index in [9.17, 15) is 9.59 Å². The second kappa shape index (κ2) is 11.3. The zero-order valence-electron chi connectivity index (χ0n) is 20.5. The number of amides is 1. The van der Waals surface area contributed by atoms with Crippen LogP contribution in [-0.4, -0.2) is 77.3 Å². The molecule has 2 aliphatic heterocycles. The summed E-state index contributed by atoms with van der Waals surface area (Å²) in [6.07, 6.45) is 2.05. The van der Waals surface area contributed by atoms with Crippen LogP contribution >= 0.6 is 0 Å². The number of ether oxygens (including phenoxy) is 2. The predicted molar refractivity (Wildman–Crippen MR) is 132 cm³/mol. The van der Waals surface area contributed by atoms with Gasteiger partial charge in [-0.05, 0) is 18.6 Å². The summed E-state index contributed by atoms with van der Waals surface area (Å²) in [4.78, 5) is 32.5. The second-order valence-electron chi connectivity index (χ2n) is 8.92. The van der Waals surface area contributed by atoms with Gasteiger partial charge in [0.15, 0.2) is 5.78 Å². The number of Topliss-reactive ketones (excluding diaryl/α,β-unsaturated/α-hetero) is 1. The van der Waals surface area contributed by atoms with Gasteiger partial charge in [0.1, 0.15) is 18.4 Å². The van der Waals surface area contributed by atoms with Crippen molar-refractivity contribution in [2.75, 3.05) is 39.5 Å². The van der Waals surface area contributed by atoms with Crippen molar-refractivity contribution in [2.24, 2.45) is 0 Å². The molecule has 5 rings (SSSR count). The Kier molecular flexibility index (Phi) is 7.54. The Morgan fingerprint density at radius 2 is 2.00 bits per heavy atom. The molecule has 1 N–H and O–H groups in total. The number of morpholine rings is 1. The minimum Gasteiger partial charge on any atom is -0.489 e. The van der Waals surface area contributed by atoms with Crippen LogP contribution in [-0.2, 0) is 16.0 Å². The van der Waals surface area contributed by atoms with E-state index in [4.69, 9.17) is 13.9 Å². The van der Waals surface area contributed by atoms with E-state index in [0.717, 1.165) is 31.9 Å². The molecule has 2 aromatic heterocycles. The molecule has 0 saturated carbocycles. The molecule has 10 heteroatoms. The third kappa shape index (κ3) is 6.02. The summed E-state index contributed by atoms with van der Waals surface area (Å²) in [6.45, 7) is 5.53. The minimum absolute atomic E-state index is 0.0424. The monoisotopic (exact) mass is 501 g/mol. The van der Waals surface area contributed by atoms with Crippen molar-refractivity contribution in [2.45, 2.75) is 25.3 Å². The van der Waals surface area contributed by atoms with Crippen LogP contribution in [0.4, 0.5) is 0 Å². The highest BCUT2D eigenvalue weighted by atomic mass is 16.5. The van der Waals surface area contributed by atoms with Gasteiger partial charge in [-0.1, -0.05) is 42.2 Å². The molecule has 1 fully saturated rings. The number of pyridine rings is 1. The van der Waals surface area contributed by atoms with E-state index in [0.29, 0.717) is 35.9 Å². The van der Waals surface area contributed by atoms with Crippen LogP contribution in [0.25, 0.3) is 0 Å². The summed E-state index contributed by atoms with van der Waals surface area (Å²) in [6, 6.07) is 10.5. The maximum absolute atomic E-state index is 13.1. The van der Waals surface area contributed by atoms with Crippen molar-refractivity contribution in [3.8, 4) is 17.6 Å². The first kappa shape index (κ1) is 24.6. The molecule has 1 unspecified atom stereocenters. The lowest BCUT2D eigenvalue weighted by Gasteiger charge is -2.24. The summed E-state index contributed by atoms with van der Waals surface area (Å²) in [5, 5.41) is 10.5. The summed E-state index contributed by atoms with van der Waals surface area (Å²) >= 11 is 0. The average molecular weight is 502 g/mol. The molecule has 0 bridgehead atoms. The molecule has 37 heavy (non-hydrogen) atoms. The smallest absolute Gasteiger partial charge is 0.309 e. The van der Waals surface area contributed by atoms with Crippen molar-refractivity contribution in [3.63, 3.8) is 0 Å². The van der Waals surface area contributed by atoms with Crippen molar-refractivity contribution < 1.29 is 23.5 Å². The first-order chi connectivity index (χ1) is 18.1. The van der Waals surface area contributed by atoms with Gasteiger partial charge in [-0.25, -0.2) is 0 Å². The molecule has 3 aromatic rings. The molecule has 0 spiro atoms. The third-order valence-corrected chi connectivity index (χ3v) is 6.27. The van der Waals surface area contributed by atoms with Gasteiger partial charge < -0.3 is 19.2 Å². The molecular formula is C27H27N5O5. The number of aromatic nitrogens is 3. The number of ketones is 1. The lowest BCUT2D eigenvalue weighted by molar-refractivity contribution is -0.122. The Balaban J connectivity index is 1.22. The van der Waals surface area contributed by atoms with E-state index in [1.807, 2.05) is 30.3 Å². The van der Waals surface area contributed by atoms with Crippen molar-refractivity contribution in [1.29, 1.82) is 0 Å². The molecule has 4 heterocycles. The van der Waals surface area contributed by atoms with E-state index in [1.165, 1.54) is 0 Å². The van der Waals surface area contributed by atoms with Crippen LogP contribution in [0.15, 0.2) is 47.0 Å². The van der Waals surface area contributed by atoms with E-state index in [1.54, 1.807) is 19.2 Å². The van der Waals surface area contributed by atoms with Crippen LogP contribution < -0.4 is 10.1 Å². The Hall–Kier alpha value is -4.07. The highest BCUT2D eigenvalue weighted by Crippen LogP contribution is 2.30. The first-order valence-electron chi connectivity index (χ1n) is 12.2. The van der Waals surface area contributed by atoms with E-state index < -0.39 is 17.9 Å². The minimum atomic E-state index is -0.892. The van der Waals surface area contributed by atoms with Gasteiger partial charge in [-0.3, -0.25) is 19.5 Å². The molecule has 1 aromatic carbocycles. The number of nitrogens with zero attached hydrogens (tertiary/aromatic N) is 4. The van der Waals surface area contributed by atoms with Gasteiger partial charge >= 0.3 is 11.8 Å². The summed E-state index contributed by atoms with van der Waals surface area (Å²) in [7, 11) is 0. The molecule has 2 aliphatic rings. The van der Waals surface area contributed by atoms with E-state index in [2.05, 4.69) is 37.2 Å². The number of hydrogen-bond donors (Lipinski definition) is 1. The quantitative estimate of drug-likeness (QED) is 0.520. The molecule has 10 nitrogen and oxygen atoms in total. The molecule has 1 amide bonds. The van der Waals surface area contributed by atoms with Gasteiger partial charge in [0.2, 0.25) is 5.89 Å². The number of rotatable bonds is 5. The fourth-order valence-electron chi connectivity index (χ4n) is 4.19. The summed E-state index contributed by atoms with van der Waals surface area (Å²) < 4.78 is 16.8. The lowest BCUT2D eigenvalue weighted by atomic mass is 9.96. The third-order valence-electron chi connectivity index (χ3n) is 6.27. The standard InChI is InChI=1S/C27H27N5O5/c1-18-24-22(14-20(16-28-24)8-5-9-32-10-12-35-13-11-32)36-17-21(25(18)33)29-26(34)27-31-30-23(37-27)15-19-6-3-2-4-7-19/h2-4,6-7,14,16,18,21H,9-13,15,17H2,1H3,(H,29,34)/t18?,21-/m0/s1. The van der Waals surface area contributed by atoms with Gasteiger partial charge in [-0.15, -0.1) is 10.2 Å². The Labute approximate surface area is 214 Å². The number of hydrogen-bond acceptors (Lipinski definition) is 9. The molecule has 1 saturated heterocycles. The summed E-state index contributed by atoms with van der Waals surface area (Å²) in [5.74, 6) is 5.45. The predicted octanol–water partition coefficient (Wildman–Crippen LogP) is 1.60. The molecule has 190 valence electrons. The Morgan fingerprint density at radius 1 is 1.19 bits per heavy atom. The Bertz CT molecular complexity index is 1320. The lowest BCUT2D eigenvalue weighted by Crippen LogP contribution is -2.45. The van der Waals surface area contributed by atoms with Crippen LogP contribution in [0.3, 0.4) is 0 Å². The number of carbonyl (C=O) groups is 2. The van der Waals surface area contributed by atoms with E-state index in [-0.39, 0.29) is 18.3 Å². The molecule has 0 aliphatic carbocycles. The van der Waals surface area contributed by atoms with Crippen LogP contribution in [0, 0.1) is 11.8 Å². The zero-order valence-corrected chi connectivity index (χ0v) is 20.5. The van der Waals surface area contributed by atoms with Crippen molar-refractivity contribution in [1.82, 2.24) is 25.4 Å². The van der Waals surface area contributed by atoms with Crippen LogP contribution in [0.1, 0.15) is 46.2 Å². The fourth-order valence-corrected chi connectivity index (χ4v) is 4.19. The van der Waals surface area contributed by atoms with Gasteiger partial charge in [0.05, 0.1) is 37.8 Å².